The van der Waals surface area contributed by atoms with E-state index in [4.69, 9.17) is 0 Å². The molecule has 0 saturated heterocycles. The molecule has 0 saturated carbocycles. The van der Waals surface area contributed by atoms with E-state index in [0.29, 0.717) is 12.1 Å². The Balaban J connectivity index is 1.67. The van der Waals surface area contributed by atoms with E-state index in [0.717, 1.165) is 10.9 Å². The lowest BCUT2D eigenvalue weighted by molar-refractivity contribution is -0.121. The van der Waals surface area contributed by atoms with Crippen LogP contribution >= 0.6 is 0 Å². The van der Waals surface area contributed by atoms with Gasteiger partial charge in [-0.2, -0.15) is 0 Å². The third-order valence-electron chi connectivity index (χ3n) is 3.29. The fourth-order valence-corrected chi connectivity index (χ4v) is 2.21. The lowest BCUT2D eigenvalue weighted by Gasteiger charge is -2.07. The normalized spacial score (nSPS) is 10.7. The molecule has 2 aromatic heterocycles. The van der Waals surface area contributed by atoms with Crippen LogP contribution in [0.2, 0.25) is 0 Å². The highest BCUT2D eigenvalue weighted by molar-refractivity contribution is 5.83. The molecule has 0 aliphatic heterocycles. The highest BCUT2D eigenvalue weighted by atomic mass is 19.1. The number of benzene rings is 1. The number of amides is 1. The molecule has 0 spiro atoms. The zero-order chi connectivity index (χ0) is 14.7. The zero-order valence-electron chi connectivity index (χ0n) is 11.3. The van der Waals surface area contributed by atoms with E-state index in [9.17, 15) is 9.18 Å². The fourth-order valence-electron chi connectivity index (χ4n) is 2.21. The summed E-state index contributed by atoms with van der Waals surface area (Å²) < 4.78 is 15.0. The van der Waals surface area contributed by atoms with Gasteiger partial charge in [-0.25, -0.2) is 4.39 Å². The van der Waals surface area contributed by atoms with Crippen molar-refractivity contribution in [2.24, 2.45) is 0 Å². The van der Waals surface area contributed by atoms with Crippen molar-refractivity contribution in [1.29, 1.82) is 0 Å². The zero-order valence-corrected chi connectivity index (χ0v) is 11.3. The summed E-state index contributed by atoms with van der Waals surface area (Å²) >= 11 is 0. The minimum atomic E-state index is -0.306. The quantitative estimate of drug-likeness (QED) is 0.799. The Morgan fingerprint density at radius 2 is 2.00 bits per heavy atom. The van der Waals surface area contributed by atoms with E-state index < -0.39 is 0 Å². The highest BCUT2D eigenvalue weighted by Crippen LogP contribution is 2.16. The number of nitrogens with zero attached hydrogens (tertiary/aromatic N) is 2. The maximum Gasteiger partial charge on any atom is 0.240 e. The Labute approximate surface area is 121 Å². The summed E-state index contributed by atoms with van der Waals surface area (Å²) in [5, 5.41) is 3.75. The summed E-state index contributed by atoms with van der Waals surface area (Å²) in [6, 6.07) is 10.1. The molecule has 21 heavy (non-hydrogen) atoms. The number of rotatable bonds is 4. The predicted octanol–water partition coefficient (Wildman–Crippen LogP) is 2.49. The first-order chi connectivity index (χ1) is 10.2. The molecule has 0 unspecified atom stereocenters. The third kappa shape index (κ3) is 3.08. The maximum absolute atomic E-state index is 13.3. The highest BCUT2D eigenvalue weighted by Gasteiger charge is 2.07. The molecule has 0 radical (unpaired) electrons. The standard InChI is InChI=1S/C16H14FN3O/c17-14-2-1-13-5-8-20(15(13)9-14)11-16(21)19-10-12-3-6-18-7-4-12/h1-9H,10-11H2,(H,19,21). The molecule has 106 valence electrons. The van der Waals surface area contributed by atoms with Gasteiger partial charge in [-0.15, -0.1) is 0 Å². The van der Waals surface area contributed by atoms with E-state index in [1.54, 1.807) is 29.2 Å². The number of pyridine rings is 1. The predicted molar refractivity (Wildman–Crippen MR) is 78.0 cm³/mol. The Hall–Kier alpha value is -2.69. The molecule has 2 heterocycles. The van der Waals surface area contributed by atoms with Gasteiger partial charge in [0.2, 0.25) is 5.91 Å². The van der Waals surface area contributed by atoms with Crippen LogP contribution in [0.1, 0.15) is 5.56 Å². The second kappa shape index (κ2) is 5.75. The Kier molecular flexibility index (Phi) is 3.64. The average Bonchev–Trinajstić information content (AvgIpc) is 2.88. The number of nitrogens with one attached hydrogen (secondary N) is 1. The van der Waals surface area contributed by atoms with Crippen LogP contribution in [0.4, 0.5) is 4.39 Å². The third-order valence-corrected chi connectivity index (χ3v) is 3.29. The SMILES string of the molecule is O=C(Cn1ccc2ccc(F)cc21)NCc1ccncc1. The van der Waals surface area contributed by atoms with Gasteiger partial charge in [0, 0.05) is 25.1 Å². The van der Waals surface area contributed by atoms with Crippen LogP contribution in [-0.4, -0.2) is 15.5 Å². The van der Waals surface area contributed by atoms with Gasteiger partial charge < -0.3 is 9.88 Å². The van der Waals surface area contributed by atoms with Crippen LogP contribution in [0, 0.1) is 5.82 Å². The second-order valence-electron chi connectivity index (χ2n) is 4.78. The summed E-state index contributed by atoms with van der Waals surface area (Å²) in [5.74, 6) is -0.423. The molecule has 1 amide bonds. The molecule has 0 atom stereocenters. The number of hydrogen-bond donors (Lipinski definition) is 1. The molecule has 1 aromatic carbocycles. The number of aromatic nitrogens is 2. The first-order valence-corrected chi connectivity index (χ1v) is 6.62. The van der Waals surface area contributed by atoms with Gasteiger partial charge >= 0.3 is 0 Å². The molecule has 0 fully saturated rings. The summed E-state index contributed by atoms with van der Waals surface area (Å²) in [6.45, 7) is 0.618. The molecule has 4 nitrogen and oxygen atoms in total. The van der Waals surface area contributed by atoms with E-state index in [1.807, 2.05) is 18.2 Å². The van der Waals surface area contributed by atoms with Crippen molar-refractivity contribution < 1.29 is 9.18 Å². The molecule has 5 heteroatoms. The van der Waals surface area contributed by atoms with Gasteiger partial charge in [0.15, 0.2) is 0 Å². The van der Waals surface area contributed by atoms with Crippen LogP contribution in [0.25, 0.3) is 10.9 Å². The number of hydrogen-bond acceptors (Lipinski definition) is 2. The maximum atomic E-state index is 13.3. The number of carbonyl (C=O) groups excluding carboxylic acids is 1. The first kappa shape index (κ1) is 13.3. The van der Waals surface area contributed by atoms with Crippen molar-refractivity contribution in [2.45, 2.75) is 13.1 Å². The lowest BCUT2D eigenvalue weighted by Crippen LogP contribution is -2.26. The van der Waals surface area contributed by atoms with E-state index >= 15 is 0 Å². The smallest absolute Gasteiger partial charge is 0.240 e. The summed E-state index contributed by atoms with van der Waals surface area (Å²) in [6.07, 6.45) is 5.16. The molecular weight excluding hydrogens is 269 g/mol. The molecular formula is C16H14FN3O. The van der Waals surface area contributed by atoms with Crippen molar-refractivity contribution in [3.8, 4) is 0 Å². The first-order valence-electron chi connectivity index (χ1n) is 6.62. The molecule has 0 aliphatic carbocycles. The fraction of sp³-hybridized carbons (Fsp3) is 0.125. The van der Waals surface area contributed by atoms with Crippen LogP contribution in [0.15, 0.2) is 55.0 Å². The van der Waals surface area contributed by atoms with Gasteiger partial charge in [0.25, 0.3) is 0 Å². The van der Waals surface area contributed by atoms with Gasteiger partial charge in [0.1, 0.15) is 12.4 Å². The lowest BCUT2D eigenvalue weighted by atomic mass is 10.2. The van der Waals surface area contributed by atoms with Crippen molar-refractivity contribution in [2.75, 3.05) is 0 Å². The van der Waals surface area contributed by atoms with E-state index in [1.165, 1.54) is 12.1 Å². The molecule has 1 N–H and O–H groups in total. The largest absolute Gasteiger partial charge is 0.350 e. The van der Waals surface area contributed by atoms with Crippen LogP contribution < -0.4 is 5.32 Å². The Morgan fingerprint density at radius 1 is 1.19 bits per heavy atom. The Morgan fingerprint density at radius 3 is 2.81 bits per heavy atom. The average molecular weight is 283 g/mol. The van der Waals surface area contributed by atoms with Crippen LogP contribution in [0.3, 0.4) is 0 Å². The summed E-state index contributed by atoms with van der Waals surface area (Å²) in [7, 11) is 0. The van der Waals surface area contributed by atoms with Crippen molar-refractivity contribution in [1.82, 2.24) is 14.9 Å². The van der Waals surface area contributed by atoms with Gasteiger partial charge in [-0.3, -0.25) is 9.78 Å². The van der Waals surface area contributed by atoms with Gasteiger partial charge in [-0.05, 0) is 47.3 Å². The molecule has 0 bridgehead atoms. The van der Waals surface area contributed by atoms with Crippen molar-refractivity contribution in [3.05, 3.63) is 66.4 Å². The summed E-state index contributed by atoms with van der Waals surface area (Å²) in [5.41, 5.74) is 1.70. The van der Waals surface area contributed by atoms with Crippen molar-refractivity contribution >= 4 is 16.8 Å². The number of halogens is 1. The van der Waals surface area contributed by atoms with Gasteiger partial charge in [-0.1, -0.05) is 0 Å². The monoisotopic (exact) mass is 283 g/mol. The molecule has 3 aromatic rings. The van der Waals surface area contributed by atoms with Crippen LogP contribution in [0.5, 0.6) is 0 Å². The number of carbonyl (C=O) groups is 1. The second-order valence-corrected chi connectivity index (χ2v) is 4.78. The Bertz CT molecular complexity index is 768. The molecule has 3 rings (SSSR count). The van der Waals surface area contributed by atoms with Crippen LogP contribution in [-0.2, 0) is 17.9 Å². The summed E-state index contributed by atoms with van der Waals surface area (Å²) in [4.78, 5) is 15.9. The van der Waals surface area contributed by atoms with Gasteiger partial charge in [0.05, 0.1) is 5.52 Å². The minimum absolute atomic E-state index is 0.117. The van der Waals surface area contributed by atoms with E-state index in [2.05, 4.69) is 10.3 Å². The number of fused-ring (bicyclic) bond motifs is 1. The molecule has 0 aliphatic rings. The van der Waals surface area contributed by atoms with E-state index in [-0.39, 0.29) is 18.3 Å². The minimum Gasteiger partial charge on any atom is -0.350 e. The van der Waals surface area contributed by atoms with Crippen molar-refractivity contribution in [3.63, 3.8) is 0 Å². The topological polar surface area (TPSA) is 46.9 Å².